The summed E-state index contributed by atoms with van der Waals surface area (Å²) in [4.78, 5) is 24.5. The Morgan fingerprint density at radius 1 is 1.23 bits per heavy atom. The van der Waals surface area contributed by atoms with E-state index in [4.69, 9.17) is 0 Å². The maximum Gasteiger partial charge on any atom is 0.305 e. The van der Waals surface area contributed by atoms with Crippen LogP contribution in [0.15, 0.2) is 43.0 Å². The standard InChI is InChI=1S/C23H27N5O2/c1-16-25-14-19(15-26-16)22(13-23(29)30)28-20(9-11-27-28)6-2-4-17-7-8-18-5-3-10-24-21(18)12-17/h3,5,9-11,14-15,17,22H,2,4,6-8,12-13H2,1H3,(H,29,30)/t17-,22?/m0/s1. The van der Waals surface area contributed by atoms with E-state index in [1.807, 2.05) is 29.9 Å². The van der Waals surface area contributed by atoms with Gasteiger partial charge in [-0.25, -0.2) is 9.97 Å². The number of carboxylic acids is 1. The minimum Gasteiger partial charge on any atom is -0.481 e. The molecule has 0 saturated heterocycles. The van der Waals surface area contributed by atoms with E-state index in [-0.39, 0.29) is 6.42 Å². The summed E-state index contributed by atoms with van der Waals surface area (Å²) in [7, 11) is 0. The van der Waals surface area contributed by atoms with Crippen molar-refractivity contribution in [2.75, 3.05) is 0 Å². The number of rotatable bonds is 8. The Hall–Kier alpha value is -3.09. The molecule has 0 fully saturated rings. The molecule has 0 amide bonds. The number of aromatic nitrogens is 5. The van der Waals surface area contributed by atoms with Gasteiger partial charge in [0, 0.05) is 41.7 Å². The number of pyridine rings is 1. The largest absolute Gasteiger partial charge is 0.481 e. The molecule has 7 nitrogen and oxygen atoms in total. The number of hydrogen-bond donors (Lipinski definition) is 1. The SMILES string of the molecule is Cc1ncc(C(CC(=O)O)n2nccc2CCC[C@H]2CCc3cccnc3C2)cn1. The van der Waals surface area contributed by atoms with Crippen molar-refractivity contribution in [2.45, 2.75) is 57.9 Å². The molecule has 4 rings (SSSR count). The van der Waals surface area contributed by atoms with Gasteiger partial charge in [0.1, 0.15) is 5.82 Å². The summed E-state index contributed by atoms with van der Waals surface area (Å²) in [5.74, 6) is 0.455. The molecule has 0 aromatic carbocycles. The summed E-state index contributed by atoms with van der Waals surface area (Å²) in [5.41, 5.74) is 4.46. The Balaban J connectivity index is 1.42. The summed E-state index contributed by atoms with van der Waals surface area (Å²) in [6.07, 6.45) is 13.4. The molecule has 3 heterocycles. The van der Waals surface area contributed by atoms with E-state index in [0.29, 0.717) is 11.7 Å². The van der Waals surface area contributed by atoms with Crippen LogP contribution in [0.4, 0.5) is 0 Å². The molecule has 3 aromatic heterocycles. The zero-order valence-corrected chi connectivity index (χ0v) is 17.2. The van der Waals surface area contributed by atoms with Crippen LogP contribution < -0.4 is 0 Å². The van der Waals surface area contributed by atoms with Gasteiger partial charge in [-0.2, -0.15) is 5.10 Å². The Morgan fingerprint density at radius 2 is 2.07 bits per heavy atom. The summed E-state index contributed by atoms with van der Waals surface area (Å²) in [5, 5.41) is 13.9. The van der Waals surface area contributed by atoms with Gasteiger partial charge >= 0.3 is 5.97 Å². The van der Waals surface area contributed by atoms with Gasteiger partial charge in [-0.1, -0.05) is 6.07 Å². The smallest absolute Gasteiger partial charge is 0.305 e. The molecule has 2 atom stereocenters. The van der Waals surface area contributed by atoms with E-state index in [0.717, 1.165) is 43.4 Å². The number of hydrogen-bond acceptors (Lipinski definition) is 5. The lowest BCUT2D eigenvalue weighted by Crippen LogP contribution is -2.19. The van der Waals surface area contributed by atoms with Crippen molar-refractivity contribution in [1.82, 2.24) is 24.7 Å². The molecule has 0 spiro atoms. The fourth-order valence-electron chi connectivity index (χ4n) is 4.34. The zero-order chi connectivity index (χ0) is 20.9. The van der Waals surface area contributed by atoms with E-state index >= 15 is 0 Å². The molecule has 3 aromatic rings. The van der Waals surface area contributed by atoms with Crippen molar-refractivity contribution in [3.05, 3.63) is 71.3 Å². The first-order valence-electron chi connectivity index (χ1n) is 10.6. The Kier molecular flexibility index (Phi) is 6.16. The highest BCUT2D eigenvalue weighted by atomic mass is 16.4. The lowest BCUT2D eigenvalue weighted by molar-refractivity contribution is -0.137. The van der Waals surface area contributed by atoms with Crippen molar-refractivity contribution in [3.8, 4) is 0 Å². The van der Waals surface area contributed by atoms with Crippen molar-refractivity contribution < 1.29 is 9.90 Å². The second-order valence-corrected chi connectivity index (χ2v) is 8.05. The van der Waals surface area contributed by atoms with E-state index in [1.165, 1.54) is 17.7 Å². The summed E-state index contributed by atoms with van der Waals surface area (Å²) in [6.45, 7) is 1.81. The molecule has 30 heavy (non-hydrogen) atoms. The normalized spacial score (nSPS) is 16.8. The molecule has 1 aliphatic carbocycles. The van der Waals surface area contributed by atoms with Gasteiger partial charge in [0.05, 0.1) is 12.5 Å². The minimum atomic E-state index is -0.865. The molecule has 0 aliphatic heterocycles. The van der Waals surface area contributed by atoms with Crippen LogP contribution in [-0.4, -0.2) is 35.8 Å². The lowest BCUT2D eigenvalue weighted by atomic mass is 9.84. The highest BCUT2D eigenvalue weighted by Crippen LogP contribution is 2.28. The number of carboxylic acid groups (broad SMARTS) is 1. The zero-order valence-electron chi connectivity index (χ0n) is 17.2. The predicted octanol–water partition coefficient (Wildman–Crippen LogP) is 3.57. The van der Waals surface area contributed by atoms with Crippen LogP contribution >= 0.6 is 0 Å². The third-order valence-electron chi connectivity index (χ3n) is 5.93. The highest BCUT2D eigenvalue weighted by molar-refractivity contribution is 5.68. The number of aryl methyl sites for hydroxylation is 3. The first-order chi connectivity index (χ1) is 14.6. The van der Waals surface area contributed by atoms with Gasteiger partial charge < -0.3 is 5.11 Å². The lowest BCUT2D eigenvalue weighted by Gasteiger charge is -2.24. The van der Waals surface area contributed by atoms with Crippen molar-refractivity contribution in [1.29, 1.82) is 0 Å². The number of nitrogens with zero attached hydrogens (tertiary/aromatic N) is 5. The van der Waals surface area contributed by atoms with Gasteiger partial charge in [0.25, 0.3) is 0 Å². The molecular formula is C23H27N5O2. The van der Waals surface area contributed by atoms with Crippen molar-refractivity contribution >= 4 is 5.97 Å². The number of fused-ring (bicyclic) bond motifs is 1. The van der Waals surface area contributed by atoms with Crippen LogP contribution in [0.2, 0.25) is 0 Å². The second-order valence-electron chi connectivity index (χ2n) is 8.05. The van der Waals surface area contributed by atoms with Crippen LogP contribution in [0.3, 0.4) is 0 Å². The molecule has 0 radical (unpaired) electrons. The first-order valence-corrected chi connectivity index (χ1v) is 10.6. The van der Waals surface area contributed by atoms with E-state index in [2.05, 4.69) is 26.1 Å². The van der Waals surface area contributed by atoms with Crippen LogP contribution in [0.1, 0.15) is 60.1 Å². The van der Waals surface area contributed by atoms with Gasteiger partial charge in [0.2, 0.25) is 0 Å². The highest BCUT2D eigenvalue weighted by Gasteiger charge is 2.22. The second kappa shape index (κ2) is 9.15. The number of aliphatic carboxylic acids is 1. The van der Waals surface area contributed by atoms with Gasteiger partial charge in [-0.05, 0) is 69.1 Å². The molecule has 1 aliphatic rings. The fraction of sp³-hybridized carbons (Fsp3) is 0.435. The van der Waals surface area contributed by atoms with Crippen molar-refractivity contribution in [3.63, 3.8) is 0 Å². The molecule has 1 N–H and O–H groups in total. The van der Waals surface area contributed by atoms with E-state index < -0.39 is 12.0 Å². The molecule has 0 bridgehead atoms. The van der Waals surface area contributed by atoms with E-state index in [9.17, 15) is 9.90 Å². The average Bonchev–Trinajstić information content (AvgIpc) is 3.21. The predicted molar refractivity (Wildman–Crippen MR) is 112 cm³/mol. The molecule has 7 heteroatoms. The quantitative estimate of drug-likeness (QED) is 0.616. The Labute approximate surface area is 176 Å². The fourth-order valence-corrected chi connectivity index (χ4v) is 4.34. The van der Waals surface area contributed by atoms with Gasteiger partial charge in [-0.3, -0.25) is 14.5 Å². The third-order valence-corrected chi connectivity index (χ3v) is 5.93. The first kappa shape index (κ1) is 20.2. The average molecular weight is 406 g/mol. The summed E-state index contributed by atoms with van der Waals surface area (Å²) >= 11 is 0. The van der Waals surface area contributed by atoms with Crippen molar-refractivity contribution in [2.24, 2.45) is 5.92 Å². The van der Waals surface area contributed by atoms with Gasteiger partial charge in [0.15, 0.2) is 0 Å². The van der Waals surface area contributed by atoms with Crippen LogP contribution in [-0.2, 0) is 24.1 Å². The molecule has 0 saturated carbocycles. The van der Waals surface area contributed by atoms with Crippen LogP contribution in [0.5, 0.6) is 0 Å². The van der Waals surface area contributed by atoms with Gasteiger partial charge in [-0.15, -0.1) is 0 Å². The molecule has 156 valence electrons. The maximum atomic E-state index is 11.5. The van der Waals surface area contributed by atoms with E-state index in [1.54, 1.807) is 18.6 Å². The van der Waals surface area contributed by atoms with Crippen LogP contribution in [0, 0.1) is 12.8 Å². The Morgan fingerprint density at radius 3 is 2.87 bits per heavy atom. The number of carbonyl (C=O) groups is 1. The minimum absolute atomic E-state index is 0.0494. The molecular weight excluding hydrogens is 378 g/mol. The monoisotopic (exact) mass is 405 g/mol. The Bertz CT molecular complexity index is 999. The summed E-state index contributed by atoms with van der Waals surface area (Å²) < 4.78 is 1.83. The maximum absolute atomic E-state index is 11.5. The van der Waals surface area contributed by atoms with Crippen LogP contribution in [0.25, 0.3) is 0 Å². The topological polar surface area (TPSA) is 93.8 Å². The third kappa shape index (κ3) is 4.72. The molecule has 1 unspecified atom stereocenters. The summed E-state index contributed by atoms with van der Waals surface area (Å²) in [6, 6.07) is 5.79.